The number of aryl methyl sites for hydroxylation is 1. The molecule has 3 nitrogen and oxygen atoms in total. The van der Waals surface area contributed by atoms with E-state index in [0.29, 0.717) is 6.04 Å². The number of aromatic nitrogens is 1. The summed E-state index contributed by atoms with van der Waals surface area (Å²) < 4.78 is 0. The Hall–Kier alpha value is -0.450. The monoisotopic (exact) mass is 213 g/mol. The van der Waals surface area contributed by atoms with E-state index in [9.17, 15) is 0 Å². The molecule has 1 rings (SSSR count). The van der Waals surface area contributed by atoms with Crippen molar-refractivity contribution in [3.8, 4) is 0 Å². The second-order valence-corrected chi connectivity index (χ2v) is 4.87. The molecule has 0 spiro atoms. The molecule has 1 heterocycles. The summed E-state index contributed by atoms with van der Waals surface area (Å²) in [5.41, 5.74) is 1.12. The molecule has 14 heavy (non-hydrogen) atoms. The molecule has 1 N–H and O–H groups in total. The Morgan fingerprint density at radius 3 is 2.79 bits per heavy atom. The number of hydrogen-bond acceptors (Lipinski definition) is 4. The van der Waals surface area contributed by atoms with Gasteiger partial charge in [0, 0.05) is 30.2 Å². The molecular formula is C10H19N3S. The normalized spacial score (nSPS) is 13.5. The van der Waals surface area contributed by atoms with E-state index in [1.54, 1.807) is 11.3 Å². The largest absolute Gasteiger partial charge is 0.308 e. The molecule has 80 valence electrons. The molecule has 0 aliphatic rings. The summed E-state index contributed by atoms with van der Waals surface area (Å²) in [5, 5.41) is 6.71. The van der Waals surface area contributed by atoms with Gasteiger partial charge in [-0.1, -0.05) is 0 Å². The van der Waals surface area contributed by atoms with Crippen LogP contribution in [0, 0.1) is 6.92 Å². The first kappa shape index (κ1) is 11.6. The van der Waals surface area contributed by atoms with Crippen molar-refractivity contribution >= 4 is 11.3 Å². The molecule has 0 aliphatic carbocycles. The Bertz CT molecular complexity index is 270. The lowest BCUT2D eigenvalue weighted by molar-refractivity contribution is 0.349. The van der Waals surface area contributed by atoms with E-state index in [1.165, 1.54) is 5.01 Å². The molecule has 0 saturated heterocycles. The second kappa shape index (κ2) is 5.44. The fourth-order valence-electron chi connectivity index (χ4n) is 1.36. The van der Waals surface area contributed by atoms with Crippen molar-refractivity contribution in [2.45, 2.75) is 26.4 Å². The summed E-state index contributed by atoms with van der Waals surface area (Å²) in [7, 11) is 4.18. The van der Waals surface area contributed by atoms with Crippen LogP contribution in [0.15, 0.2) is 5.38 Å². The van der Waals surface area contributed by atoms with Crippen molar-refractivity contribution in [1.82, 2.24) is 15.2 Å². The summed E-state index contributed by atoms with van der Waals surface area (Å²) in [5.74, 6) is 0. The summed E-state index contributed by atoms with van der Waals surface area (Å²) in [6, 6.07) is 0.509. The summed E-state index contributed by atoms with van der Waals surface area (Å²) >= 11 is 1.72. The maximum Gasteiger partial charge on any atom is 0.107 e. The fourth-order valence-corrected chi connectivity index (χ4v) is 2.08. The highest BCUT2D eigenvalue weighted by atomic mass is 32.1. The first-order valence-electron chi connectivity index (χ1n) is 4.87. The molecule has 1 aromatic heterocycles. The molecule has 4 heteroatoms. The van der Waals surface area contributed by atoms with E-state index in [1.807, 2.05) is 6.92 Å². The molecule has 0 radical (unpaired) electrons. The van der Waals surface area contributed by atoms with Gasteiger partial charge in [-0.15, -0.1) is 11.3 Å². The van der Waals surface area contributed by atoms with E-state index in [4.69, 9.17) is 0 Å². The number of rotatable bonds is 5. The first-order valence-corrected chi connectivity index (χ1v) is 5.75. The summed E-state index contributed by atoms with van der Waals surface area (Å²) in [4.78, 5) is 6.59. The average molecular weight is 213 g/mol. The van der Waals surface area contributed by atoms with Gasteiger partial charge in [0.05, 0.1) is 0 Å². The van der Waals surface area contributed by atoms with Crippen LogP contribution in [0.2, 0.25) is 0 Å². The lowest BCUT2D eigenvalue weighted by Crippen LogP contribution is -2.35. The van der Waals surface area contributed by atoms with Crippen LogP contribution in [-0.2, 0) is 6.54 Å². The molecular weight excluding hydrogens is 194 g/mol. The lowest BCUT2D eigenvalue weighted by Gasteiger charge is -2.17. The van der Waals surface area contributed by atoms with Crippen LogP contribution >= 0.6 is 11.3 Å². The van der Waals surface area contributed by atoms with Crippen molar-refractivity contribution in [1.29, 1.82) is 0 Å². The standard InChI is InChI=1S/C10H19N3S/c1-8(6-13(3)4)11-5-10-12-9(2)7-14-10/h7-8,11H,5-6H2,1-4H3. The third-order valence-electron chi connectivity index (χ3n) is 1.91. The maximum atomic E-state index is 4.40. The van der Waals surface area contributed by atoms with Crippen molar-refractivity contribution in [2.24, 2.45) is 0 Å². The Morgan fingerprint density at radius 1 is 1.57 bits per heavy atom. The Kier molecular flexibility index (Phi) is 4.51. The topological polar surface area (TPSA) is 28.2 Å². The highest BCUT2D eigenvalue weighted by molar-refractivity contribution is 7.09. The average Bonchev–Trinajstić information content (AvgIpc) is 2.47. The van der Waals surface area contributed by atoms with Crippen LogP contribution in [-0.4, -0.2) is 36.6 Å². The molecule has 0 bridgehead atoms. The van der Waals surface area contributed by atoms with E-state index in [-0.39, 0.29) is 0 Å². The fraction of sp³-hybridized carbons (Fsp3) is 0.700. The minimum absolute atomic E-state index is 0.509. The highest BCUT2D eigenvalue weighted by Crippen LogP contribution is 2.08. The van der Waals surface area contributed by atoms with Gasteiger partial charge in [0.25, 0.3) is 0 Å². The molecule has 1 atom stereocenters. The van der Waals surface area contributed by atoms with Gasteiger partial charge in [-0.2, -0.15) is 0 Å². The first-order chi connectivity index (χ1) is 6.58. The van der Waals surface area contributed by atoms with Gasteiger partial charge in [0.2, 0.25) is 0 Å². The van der Waals surface area contributed by atoms with E-state index in [2.05, 4.69) is 41.6 Å². The van der Waals surface area contributed by atoms with Gasteiger partial charge in [0.15, 0.2) is 0 Å². The number of likely N-dealkylation sites (N-methyl/N-ethyl adjacent to an activating group) is 1. The highest BCUT2D eigenvalue weighted by Gasteiger charge is 2.04. The van der Waals surface area contributed by atoms with Gasteiger partial charge < -0.3 is 10.2 Å². The lowest BCUT2D eigenvalue weighted by atomic mass is 10.3. The maximum absolute atomic E-state index is 4.40. The third-order valence-corrected chi connectivity index (χ3v) is 2.87. The molecule has 0 fully saturated rings. The van der Waals surface area contributed by atoms with Gasteiger partial charge in [0.1, 0.15) is 5.01 Å². The molecule has 0 amide bonds. The van der Waals surface area contributed by atoms with E-state index in [0.717, 1.165) is 18.8 Å². The Morgan fingerprint density at radius 2 is 2.29 bits per heavy atom. The number of nitrogens with one attached hydrogen (secondary N) is 1. The van der Waals surface area contributed by atoms with E-state index >= 15 is 0 Å². The van der Waals surface area contributed by atoms with Crippen LogP contribution in [0.3, 0.4) is 0 Å². The minimum Gasteiger partial charge on any atom is -0.308 e. The minimum atomic E-state index is 0.509. The Labute approximate surface area is 90.2 Å². The Balaban J connectivity index is 2.26. The van der Waals surface area contributed by atoms with Crippen molar-refractivity contribution in [3.63, 3.8) is 0 Å². The quantitative estimate of drug-likeness (QED) is 0.803. The molecule has 0 aromatic carbocycles. The van der Waals surface area contributed by atoms with E-state index < -0.39 is 0 Å². The zero-order valence-corrected chi connectivity index (χ0v) is 10.2. The molecule has 0 aliphatic heterocycles. The van der Waals surface area contributed by atoms with Crippen LogP contribution in [0.4, 0.5) is 0 Å². The predicted molar refractivity (Wildman–Crippen MR) is 61.7 cm³/mol. The van der Waals surface area contributed by atoms with Gasteiger partial charge in [-0.25, -0.2) is 4.98 Å². The number of thiazole rings is 1. The number of nitrogens with zero attached hydrogens (tertiary/aromatic N) is 2. The van der Waals surface area contributed by atoms with Crippen molar-refractivity contribution in [3.05, 3.63) is 16.1 Å². The van der Waals surface area contributed by atoms with Crippen LogP contribution in [0.25, 0.3) is 0 Å². The second-order valence-electron chi connectivity index (χ2n) is 3.93. The zero-order valence-electron chi connectivity index (χ0n) is 9.37. The van der Waals surface area contributed by atoms with Crippen molar-refractivity contribution < 1.29 is 0 Å². The van der Waals surface area contributed by atoms with Gasteiger partial charge in [-0.3, -0.25) is 0 Å². The predicted octanol–water partition coefficient (Wildman–Crippen LogP) is 1.49. The zero-order chi connectivity index (χ0) is 10.6. The van der Waals surface area contributed by atoms with Gasteiger partial charge in [-0.05, 0) is 27.9 Å². The van der Waals surface area contributed by atoms with Crippen LogP contribution in [0.1, 0.15) is 17.6 Å². The summed E-state index contributed by atoms with van der Waals surface area (Å²) in [6.45, 7) is 6.17. The van der Waals surface area contributed by atoms with Crippen LogP contribution < -0.4 is 5.32 Å². The van der Waals surface area contributed by atoms with Gasteiger partial charge >= 0.3 is 0 Å². The molecule has 0 saturated carbocycles. The van der Waals surface area contributed by atoms with Crippen molar-refractivity contribution in [2.75, 3.05) is 20.6 Å². The van der Waals surface area contributed by atoms with Crippen LogP contribution in [0.5, 0.6) is 0 Å². The SMILES string of the molecule is Cc1csc(CNC(C)CN(C)C)n1. The molecule has 1 unspecified atom stereocenters. The molecule has 1 aromatic rings. The smallest absolute Gasteiger partial charge is 0.107 e. The summed E-state index contributed by atoms with van der Waals surface area (Å²) in [6.07, 6.45) is 0. The number of hydrogen-bond donors (Lipinski definition) is 1. The third kappa shape index (κ3) is 4.17.